The van der Waals surface area contributed by atoms with Gasteiger partial charge in [-0.25, -0.2) is 9.18 Å². The Morgan fingerprint density at radius 2 is 1.86 bits per heavy atom. The van der Waals surface area contributed by atoms with E-state index in [1.165, 1.54) is 39.3 Å². The zero-order valence-electron chi connectivity index (χ0n) is 13.8. The number of rotatable bonds is 4. The third-order valence-corrected chi connectivity index (χ3v) is 3.32. The second kappa shape index (κ2) is 6.34. The minimum atomic E-state index is -1.49. The molecule has 1 unspecified atom stereocenters. The maximum absolute atomic E-state index is 14.3. The summed E-state index contributed by atoms with van der Waals surface area (Å²) in [5.41, 5.74) is -2.14. The number of likely N-dealkylation sites (N-methyl/N-ethyl adjacent to an activating group) is 1. The fourth-order valence-electron chi connectivity index (χ4n) is 1.88. The normalized spacial score (nSPS) is 14.0. The maximum Gasteiger partial charge on any atom is 0.411 e. The van der Waals surface area contributed by atoms with Crippen molar-refractivity contribution in [2.75, 3.05) is 14.2 Å². The Morgan fingerprint density at radius 1 is 1.27 bits per heavy atom. The molecule has 0 saturated carbocycles. The van der Waals surface area contributed by atoms with Crippen LogP contribution in [0.4, 0.5) is 9.18 Å². The lowest BCUT2D eigenvalue weighted by Gasteiger charge is -2.35. The molecule has 1 rings (SSSR count). The van der Waals surface area contributed by atoms with Gasteiger partial charge in [-0.3, -0.25) is 4.90 Å². The van der Waals surface area contributed by atoms with Crippen molar-refractivity contribution in [2.45, 2.75) is 38.8 Å². The van der Waals surface area contributed by atoms with Gasteiger partial charge in [-0.2, -0.15) is 0 Å². The third-order valence-electron chi connectivity index (χ3n) is 3.32. The lowest BCUT2D eigenvalue weighted by Crippen LogP contribution is -2.48. The highest BCUT2D eigenvalue weighted by Crippen LogP contribution is 2.30. The summed E-state index contributed by atoms with van der Waals surface area (Å²) in [6.07, 6.45) is -0.195. The topological polar surface area (TPSA) is 55.8 Å². The number of carbonyl (C=O) groups excluding carboxylic acids is 2. The number of halogens is 1. The fourth-order valence-corrected chi connectivity index (χ4v) is 1.88. The van der Waals surface area contributed by atoms with E-state index in [4.69, 9.17) is 9.47 Å². The summed E-state index contributed by atoms with van der Waals surface area (Å²) >= 11 is 0. The minimum absolute atomic E-state index is 0.0664. The van der Waals surface area contributed by atoms with Gasteiger partial charge in [-0.05, 0) is 39.8 Å². The second-order valence-corrected chi connectivity index (χ2v) is 6.15. The number of benzene rings is 1. The van der Waals surface area contributed by atoms with Crippen LogP contribution in [0.15, 0.2) is 18.2 Å². The first-order valence-electron chi connectivity index (χ1n) is 6.82. The number of methoxy groups -OCH3 is 1. The highest BCUT2D eigenvalue weighted by atomic mass is 19.1. The van der Waals surface area contributed by atoms with Crippen LogP contribution < -0.4 is 4.74 Å². The SMILES string of the molecule is COc1ccc(C(C)(C=O)N(C)C(=O)OC(C)(C)C)c(F)c1. The number of aldehydes is 1. The van der Waals surface area contributed by atoms with E-state index in [-0.39, 0.29) is 5.56 Å². The van der Waals surface area contributed by atoms with Gasteiger partial charge in [0.25, 0.3) is 0 Å². The Kier molecular flexibility index (Phi) is 5.17. The largest absolute Gasteiger partial charge is 0.497 e. The molecule has 22 heavy (non-hydrogen) atoms. The predicted molar refractivity (Wildman–Crippen MR) is 80.4 cm³/mol. The first-order chi connectivity index (χ1) is 10.0. The number of carbonyl (C=O) groups is 2. The summed E-state index contributed by atoms with van der Waals surface area (Å²) in [6.45, 7) is 6.59. The van der Waals surface area contributed by atoms with Gasteiger partial charge in [0.2, 0.25) is 0 Å². The second-order valence-electron chi connectivity index (χ2n) is 6.15. The van der Waals surface area contributed by atoms with Gasteiger partial charge < -0.3 is 14.3 Å². The number of ether oxygens (including phenoxy) is 2. The van der Waals surface area contributed by atoms with E-state index in [0.717, 1.165) is 4.90 Å². The summed E-state index contributed by atoms with van der Waals surface area (Å²) in [5, 5.41) is 0. The van der Waals surface area contributed by atoms with E-state index in [9.17, 15) is 14.0 Å². The molecule has 1 aromatic carbocycles. The lowest BCUT2D eigenvalue weighted by molar-refractivity contribution is -0.117. The Hall–Kier alpha value is -2.11. The molecule has 0 bridgehead atoms. The first kappa shape index (κ1) is 17.9. The van der Waals surface area contributed by atoms with Crippen LogP contribution >= 0.6 is 0 Å². The van der Waals surface area contributed by atoms with Crippen molar-refractivity contribution in [3.8, 4) is 5.75 Å². The van der Waals surface area contributed by atoms with Crippen LogP contribution in [0.25, 0.3) is 0 Å². The zero-order chi connectivity index (χ0) is 17.1. The van der Waals surface area contributed by atoms with Crippen molar-refractivity contribution in [1.29, 1.82) is 0 Å². The van der Waals surface area contributed by atoms with Crippen LogP contribution in [0.2, 0.25) is 0 Å². The van der Waals surface area contributed by atoms with Crippen LogP contribution in [-0.2, 0) is 15.1 Å². The van der Waals surface area contributed by atoms with Gasteiger partial charge in [-0.1, -0.05) is 0 Å². The Balaban J connectivity index is 3.20. The molecular weight excluding hydrogens is 289 g/mol. The van der Waals surface area contributed by atoms with Gasteiger partial charge in [0.15, 0.2) is 0 Å². The van der Waals surface area contributed by atoms with Gasteiger partial charge in [0, 0.05) is 18.7 Å². The number of nitrogens with zero attached hydrogens (tertiary/aromatic N) is 1. The maximum atomic E-state index is 14.3. The smallest absolute Gasteiger partial charge is 0.411 e. The number of amides is 1. The van der Waals surface area contributed by atoms with Crippen molar-refractivity contribution in [2.24, 2.45) is 0 Å². The van der Waals surface area contributed by atoms with Crippen molar-refractivity contribution >= 4 is 12.4 Å². The Bertz CT molecular complexity index is 568. The summed E-state index contributed by atoms with van der Waals surface area (Å²) in [5.74, 6) is -0.307. The molecule has 122 valence electrons. The van der Waals surface area contributed by atoms with E-state index in [2.05, 4.69) is 0 Å². The molecule has 0 spiro atoms. The molecule has 0 aliphatic heterocycles. The minimum Gasteiger partial charge on any atom is -0.497 e. The molecular formula is C16H22FNO4. The molecule has 1 amide bonds. The molecule has 5 nitrogen and oxygen atoms in total. The molecule has 1 atom stereocenters. The molecule has 0 N–H and O–H groups in total. The summed E-state index contributed by atoms with van der Waals surface area (Å²) in [4.78, 5) is 24.8. The van der Waals surface area contributed by atoms with E-state index >= 15 is 0 Å². The molecule has 0 aliphatic rings. The van der Waals surface area contributed by atoms with Crippen LogP contribution in [0, 0.1) is 5.82 Å². The Labute approximate surface area is 130 Å². The van der Waals surface area contributed by atoms with E-state index in [0.29, 0.717) is 12.0 Å². The molecule has 0 saturated heterocycles. The highest BCUT2D eigenvalue weighted by Gasteiger charge is 2.38. The van der Waals surface area contributed by atoms with E-state index in [1.807, 2.05) is 0 Å². The summed E-state index contributed by atoms with van der Waals surface area (Å²) < 4.78 is 24.4. The molecule has 0 heterocycles. The molecule has 6 heteroatoms. The fraction of sp³-hybridized carbons (Fsp3) is 0.500. The predicted octanol–water partition coefficient (Wildman–Crippen LogP) is 3.12. The van der Waals surface area contributed by atoms with Crippen LogP contribution in [0.1, 0.15) is 33.3 Å². The highest BCUT2D eigenvalue weighted by molar-refractivity contribution is 5.78. The van der Waals surface area contributed by atoms with Crippen molar-refractivity contribution in [1.82, 2.24) is 4.90 Å². The van der Waals surface area contributed by atoms with Crippen molar-refractivity contribution in [3.05, 3.63) is 29.6 Å². The number of hydrogen-bond donors (Lipinski definition) is 0. The summed E-state index contributed by atoms with van der Waals surface area (Å²) in [7, 11) is 2.81. The van der Waals surface area contributed by atoms with Gasteiger partial charge in [-0.15, -0.1) is 0 Å². The average molecular weight is 311 g/mol. The van der Waals surface area contributed by atoms with Gasteiger partial charge in [0.1, 0.15) is 29.0 Å². The summed E-state index contributed by atoms with van der Waals surface area (Å²) in [6, 6.07) is 4.12. The molecule has 0 fully saturated rings. The zero-order valence-corrected chi connectivity index (χ0v) is 13.8. The third kappa shape index (κ3) is 3.75. The van der Waals surface area contributed by atoms with E-state index < -0.39 is 23.1 Å². The lowest BCUT2D eigenvalue weighted by atomic mass is 9.91. The quantitative estimate of drug-likeness (QED) is 0.802. The van der Waals surface area contributed by atoms with Crippen LogP contribution in [-0.4, -0.2) is 37.0 Å². The molecule has 1 aromatic rings. The van der Waals surface area contributed by atoms with E-state index in [1.54, 1.807) is 20.8 Å². The van der Waals surface area contributed by atoms with Gasteiger partial charge >= 0.3 is 6.09 Å². The van der Waals surface area contributed by atoms with Crippen LogP contribution in [0.3, 0.4) is 0 Å². The van der Waals surface area contributed by atoms with Crippen LogP contribution in [0.5, 0.6) is 5.75 Å². The molecule has 0 radical (unpaired) electrons. The number of hydrogen-bond acceptors (Lipinski definition) is 4. The van der Waals surface area contributed by atoms with Gasteiger partial charge in [0.05, 0.1) is 7.11 Å². The monoisotopic (exact) mass is 311 g/mol. The van der Waals surface area contributed by atoms with Crippen molar-refractivity contribution < 1.29 is 23.5 Å². The Morgan fingerprint density at radius 3 is 2.27 bits per heavy atom. The molecule has 0 aromatic heterocycles. The molecule has 0 aliphatic carbocycles. The first-order valence-corrected chi connectivity index (χ1v) is 6.82. The average Bonchev–Trinajstić information content (AvgIpc) is 2.43. The standard InChI is InChI=1S/C16H22FNO4/c1-15(2,3)22-14(20)18(5)16(4,10-19)12-8-7-11(21-6)9-13(12)17/h7-10H,1-6H3. The van der Waals surface area contributed by atoms with Crippen molar-refractivity contribution in [3.63, 3.8) is 0 Å².